The Hall–Kier alpha value is -1.46. The minimum atomic E-state index is 0.0158. The van der Waals surface area contributed by atoms with E-state index >= 15 is 0 Å². The molecule has 0 unspecified atom stereocenters. The zero-order chi connectivity index (χ0) is 15.6. The van der Waals surface area contributed by atoms with Crippen LogP contribution in [0, 0.1) is 0 Å². The monoisotopic (exact) mass is 307 g/mol. The summed E-state index contributed by atoms with van der Waals surface area (Å²) in [4.78, 5) is 9.11. The molecule has 6 heteroatoms. The highest BCUT2D eigenvalue weighted by Crippen LogP contribution is 2.18. The third kappa shape index (κ3) is 4.25. The second-order valence-electron chi connectivity index (χ2n) is 6.42. The van der Waals surface area contributed by atoms with Crippen LogP contribution in [0.4, 0.5) is 0 Å². The van der Waals surface area contributed by atoms with Crippen LogP contribution in [-0.4, -0.2) is 25.3 Å². The molecular formula is C15H22ClN5. The Morgan fingerprint density at radius 2 is 2.00 bits per heavy atom. The predicted octanol–water partition coefficient (Wildman–Crippen LogP) is 3.33. The van der Waals surface area contributed by atoms with E-state index in [0.717, 1.165) is 17.2 Å². The fourth-order valence-electron chi connectivity index (χ4n) is 1.81. The molecule has 0 aromatic carbocycles. The van der Waals surface area contributed by atoms with Gasteiger partial charge in [-0.15, -0.1) is 0 Å². The lowest BCUT2D eigenvalue weighted by Crippen LogP contribution is -2.35. The number of hydrogen-bond donors (Lipinski definition) is 1. The van der Waals surface area contributed by atoms with E-state index in [2.05, 4.69) is 55.0 Å². The van der Waals surface area contributed by atoms with Crippen LogP contribution < -0.4 is 5.32 Å². The quantitative estimate of drug-likeness (QED) is 0.941. The second kappa shape index (κ2) is 6.12. The van der Waals surface area contributed by atoms with Crippen molar-refractivity contribution in [1.29, 1.82) is 0 Å². The smallest absolute Gasteiger partial charge is 0.131 e. The number of halogens is 1. The molecule has 2 heterocycles. The van der Waals surface area contributed by atoms with Gasteiger partial charge in [0.25, 0.3) is 0 Å². The van der Waals surface area contributed by atoms with Gasteiger partial charge in [-0.2, -0.15) is 5.10 Å². The zero-order valence-corrected chi connectivity index (χ0v) is 13.9. The molecule has 0 spiro atoms. The fraction of sp³-hybridized carbons (Fsp3) is 0.533. The molecule has 114 valence electrons. The molecule has 21 heavy (non-hydrogen) atoms. The summed E-state index contributed by atoms with van der Waals surface area (Å²) in [7, 11) is 0. The van der Waals surface area contributed by atoms with Crippen LogP contribution in [0.2, 0.25) is 5.02 Å². The molecule has 0 aliphatic rings. The van der Waals surface area contributed by atoms with Crippen LogP contribution in [0.15, 0.2) is 18.6 Å². The third-order valence-corrected chi connectivity index (χ3v) is 3.16. The van der Waals surface area contributed by atoms with Crippen LogP contribution in [0.25, 0.3) is 5.69 Å². The van der Waals surface area contributed by atoms with Crippen LogP contribution in [-0.2, 0) is 6.54 Å². The average Bonchev–Trinajstić information content (AvgIpc) is 2.81. The summed E-state index contributed by atoms with van der Waals surface area (Å²) in [6.07, 6.45) is 5.18. The average molecular weight is 308 g/mol. The number of rotatable bonds is 4. The van der Waals surface area contributed by atoms with E-state index in [1.54, 1.807) is 17.1 Å². The van der Waals surface area contributed by atoms with Gasteiger partial charge in [0.2, 0.25) is 0 Å². The third-order valence-electron chi connectivity index (χ3n) is 2.96. The van der Waals surface area contributed by atoms with Crippen molar-refractivity contribution in [2.75, 3.05) is 0 Å². The highest BCUT2D eigenvalue weighted by Gasteiger charge is 2.15. The molecule has 0 atom stereocenters. The Kier molecular flexibility index (Phi) is 4.64. The summed E-state index contributed by atoms with van der Waals surface area (Å²) in [5.74, 6) is 1.12. The van der Waals surface area contributed by atoms with Crippen molar-refractivity contribution in [1.82, 2.24) is 25.1 Å². The maximum Gasteiger partial charge on any atom is 0.131 e. The molecule has 0 aliphatic heterocycles. The molecule has 0 radical (unpaired) electrons. The number of nitrogens with one attached hydrogen (secondary N) is 1. The highest BCUT2D eigenvalue weighted by molar-refractivity contribution is 6.30. The molecule has 0 amide bonds. The first-order valence-electron chi connectivity index (χ1n) is 7.07. The molecule has 0 bridgehead atoms. The lowest BCUT2D eigenvalue weighted by Gasteiger charge is -2.21. The van der Waals surface area contributed by atoms with Gasteiger partial charge in [0.05, 0.1) is 23.1 Å². The highest BCUT2D eigenvalue weighted by atomic mass is 35.5. The first-order chi connectivity index (χ1) is 9.76. The van der Waals surface area contributed by atoms with E-state index in [1.807, 2.05) is 6.20 Å². The zero-order valence-electron chi connectivity index (χ0n) is 13.2. The molecular weight excluding hydrogens is 286 g/mol. The SMILES string of the molecule is CC(C)c1ncc(-n2cc(Cl)cn2)c(CNC(C)(C)C)n1. The second-order valence-corrected chi connectivity index (χ2v) is 6.86. The summed E-state index contributed by atoms with van der Waals surface area (Å²) in [5, 5.41) is 8.29. The standard InChI is InChI=1S/C15H22ClN5/c1-10(2)14-17-8-13(21-9-11(16)6-19-21)12(20-14)7-18-15(3,4)5/h6,8-10,18H,7H2,1-5H3. The van der Waals surface area contributed by atoms with Gasteiger partial charge >= 0.3 is 0 Å². The van der Waals surface area contributed by atoms with Gasteiger partial charge < -0.3 is 5.32 Å². The van der Waals surface area contributed by atoms with E-state index in [0.29, 0.717) is 11.6 Å². The normalized spacial score (nSPS) is 12.1. The molecule has 0 aliphatic carbocycles. The molecule has 5 nitrogen and oxygen atoms in total. The first-order valence-corrected chi connectivity index (χ1v) is 7.45. The fourth-order valence-corrected chi connectivity index (χ4v) is 1.94. The van der Waals surface area contributed by atoms with Crippen molar-refractivity contribution >= 4 is 11.6 Å². The van der Waals surface area contributed by atoms with Gasteiger partial charge in [-0.1, -0.05) is 25.4 Å². The summed E-state index contributed by atoms with van der Waals surface area (Å²) < 4.78 is 1.71. The molecule has 2 aromatic heterocycles. The van der Waals surface area contributed by atoms with Crippen LogP contribution in [0.3, 0.4) is 0 Å². The molecule has 1 N–H and O–H groups in total. The number of nitrogens with zero attached hydrogens (tertiary/aromatic N) is 4. The van der Waals surface area contributed by atoms with E-state index in [9.17, 15) is 0 Å². The van der Waals surface area contributed by atoms with Crippen molar-refractivity contribution in [2.45, 2.75) is 52.6 Å². The molecule has 0 saturated heterocycles. The van der Waals surface area contributed by atoms with Gasteiger partial charge in [0.1, 0.15) is 11.5 Å². The van der Waals surface area contributed by atoms with Gasteiger partial charge in [0.15, 0.2) is 0 Å². The van der Waals surface area contributed by atoms with Crippen molar-refractivity contribution in [3.63, 3.8) is 0 Å². The van der Waals surface area contributed by atoms with E-state index in [1.165, 1.54) is 0 Å². The van der Waals surface area contributed by atoms with Gasteiger partial charge in [-0.05, 0) is 20.8 Å². The van der Waals surface area contributed by atoms with Gasteiger partial charge in [-0.25, -0.2) is 14.6 Å². The number of hydrogen-bond acceptors (Lipinski definition) is 4. The minimum absolute atomic E-state index is 0.0158. The van der Waals surface area contributed by atoms with E-state index < -0.39 is 0 Å². The number of aromatic nitrogens is 4. The summed E-state index contributed by atoms with van der Waals surface area (Å²) in [6, 6.07) is 0. The Morgan fingerprint density at radius 3 is 2.52 bits per heavy atom. The Balaban J connectivity index is 2.39. The lowest BCUT2D eigenvalue weighted by molar-refractivity contribution is 0.419. The molecule has 0 saturated carbocycles. The molecule has 0 fully saturated rings. The van der Waals surface area contributed by atoms with Crippen molar-refractivity contribution in [2.24, 2.45) is 0 Å². The Bertz CT molecular complexity index is 613. The van der Waals surface area contributed by atoms with Crippen molar-refractivity contribution < 1.29 is 0 Å². The maximum absolute atomic E-state index is 5.95. The van der Waals surface area contributed by atoms with E-state index in [4.69, 9.17) is 11.6 Å². The topological polar surface area (TPSA) is 55.6 Å². The van der Waals surface area contributed by atoms with Crippen LogP contribution in [0.5, 0.6) is 0 Å². The van der Waals surface area contributed by atoms with Crippen molar-refractivity contribution in [3.05, 3.63) is 35.1 Å². The molecule has 2 aromatic rings. The van der Waals surface area contributed by atoms with Crippen LogP contribution >= 0.6 is 11.6 Å². The summed E-state index contributed by atoms with van der Waals surface area (Å²) in [6.45, 7) is 11.2. The predicted molar refractivity (Wildman–Crippen MR) is 84.8 cm³/mol. The van der Waals surface area contributed by atoms with Crippen LogP contribution in [0.1, 0.15) is 52.1 Å². The summed E-state index contributed by atoms with van der Waals surface area (Å²) in [5.41, 5.74) is 1.79. The minimum Gasteiger partial charge on any atom is -0.306 e. The van der Waals surface area contributed by atoms with Gasteiger partial charge in [0, 0.05) is 24.2 Å². The summed E-state index contributed by atoms with van der Waals surface area (Å²) >= 11 is 5.95. The van der Waals surface area contributed by atoms with Gasteiger partial charge in [-0.3, -0.25) is 0 Å². The van der Waals surface area contributed by atoms with Crippen molar-refractivity contribution in [3.8, 4) is 5.69 Å². The first kappa shape index (κ1) is 15.9. The molecule has 2 rings (SSSR count). The lowest BCUT2D eigenvalue weighted by atomic mass is 10.1. The largest absolute Gasteiger partial charge is 0.306 e. The van der Waals surface area contributed by atoms with E-state index in [-0.39, 0.29) is 11.5 Å². The maximum atomic E-state index is 5.95. The Labute approximate surface area is 130 Å². The Morgan fingerprint density at radius 1 is 1.29 bits per heavy atom.